The van der Waals surface area contributed by atoms with E-state index >= 15 is 0 Å². The fraction of sp³-hybridized carbons (Fsp3) is 0.545. The monoisotopic (exact) mass is 419 g/mol. The van der Waals surface area contributed by atoms with Crippen LogP contribution < -0.4 is 9.47 Å². The quantitative estimate of drug-likeness (QED) is 0.559. The average Bonchev–Trinajstić information content (AvgIpc) is 3.12. The number of allylic oxidation sites excluding steroid dienone is 1. The molecule has 0 aromatic heterocycles. The number of nitrogens with zero attached hydrogens (tertiary/aromatic N) is 1. The van der Waals surface area contributed by atoms with Crippen molar-refractivity contribution in [2.75, 3.05) is 20.7 Å². The Morgan fingerprint density at radius 3 is 2.67 bits per heavy atom. The van der Waals surface area contributed by atoms with Crippen LogP contribution in [0.5, 0.6) is 11.5 Å². The highest BCUT2D eigenvalue weighted by atomic mass is 16.7. The molecule has 1 aromatic carbocycles. The molecule has 0 spiro atoms. The van der Waals surface area contributed by atoms with Gasteiger partial charge in [-0.1, -0.05) is 12.1 Å². The number of aliphatic hydroxyl groups is 1. The highest BCUT2D eigenvalue weighted by Crippen LogP contribution is 2.56. The first-order valence-electron chi connectivity index (χ1n) is 9.85. The Labute approximate surface area is 176 Å². The molecule has 0 bridgehead atoms. The summed E-state index contributed by atoms with van der Waals surface area (Å²) < 4.78 is 22.0. The number of benzene rings is 1. The van der Waals surface area contributed by atoms with Gasteiger partial charge in [-0.15, -0.1) is 6.58 Å². The Morgan fingerprint density at radius 2 is 2.07 bits per heavy atom. The number of methoxy groups -OCH3 is 1. The Bertz CT molecular complexity index is 860. The number of aliphatic hydroxyl groups excluding tert-OH is 1. The summed E-state index contributed by atoms with van der Waals surface area (Å²) in [6.07, 6.45) is -0.475. The van der Waals surface area contributed by atoms with Crippen molar-refractivity contribution >= 4 is 12.1 Å². The minimum absolute atomic E-state index is 0.215. The highest BCUT2D eigenvalue weighted by molar-refractivity contribution is 5.84. The minimum Gasteiger partial charge on any atom is -0.493 e. The molecule has 1 saturated heterocycles. The molecule has 2 aliphatic heterocycles. The van der Waals surface area contributed by atoms with E-state index in [1.807, 2.05) is 6.07 Å². The van der Waals surface area contributed by atoms with E-state index in [0.29, 0.717) is 23.5 Å². The molecule has 0 radical (unpaired) electrons. The molecule has 1 amide bonds. The molecule has 3 rings (SSSR count). The summed E-state index contributed by atoms with van der Waals surface area (Å²) in [6, 6.07) is 3.62. The molecular weight excluding hydrogens is 390 g/mol. The Morgan fingerprint density at radius 1 is 1.37 bits per heavy atom. The lowest BCUT2D eigenvalue weighted by molar-refractivity contribution is -0.159. The van der Waals surface area contributed by atoms with E-state index in [4.69, 9.17) is 18.9 Å². The van der Waals surface area contributed by atoms with Crippen LogP contribution in [-0.2, 0) is 26.1 Å². The van der Waals surface area contributed by atoms with Gasteiger partial charge in [0.25, 0.3) is 0 Å². The molecule has 30 heavy (non-hydrogen) atoms. The lowest BCUT2D eigenvalue weighted by Gasteiger charge is -2.32. The SMILES string of the molecule is C=CCc1ccc(OC)c2c1[C@]1(CCN(C)C(=O)OC(C)(C)C)C(O)OC(=O)[C@@H]1O2. The normalized spacial score (nSPS) is 24.4. The molecule has 2 heterocycles. The first-order chi connectivity index (χ1) is 14.0. The Hall–Kier alpha value is -2.74. The fourth-order valence-electron chi connectivity index (χ4n) is 4.02. The number of rotatable bonds is 6. The maximum Gasteiger partial charge on any atom is 0.410 e. The summed E-state index contributed by atoms with van der Waals surface area (Å²) in [5, 5.41) is 10.8. The van der Waals surface area contributed by atoms with Crippen LogP contribution in [0.1, 0.15) is 38.3 Å². The van der Waals surface area contributed by atoms with E-state index in [9.17, 15) is 14.7 Å². The largest absolute Gasteiger partial charge is 0.493 e. The molecule has 1 N–H and O–H groups in total. The topological polar surface area (TPSA) is 94.5 Å². The van der Waals surface area contributed by atoms with Gasteiger partial charge in [-0.3, -0.25) is 0 Å². The predicted molar refractivity (Wildman–Crippen MR) is 109 cm³/mol. The number of cyclic esters (lactones) is 1. The van der Waals surface area contributed by atoms with Gasteiger partial charge in [-0.25, -0.2) is 9.59 Å². The van der Waals surface area contributed by atoms with Gasteiger partial charge in [-0.05, 0) is 45.2 Å². The van der Waals surface area contributed by atoms with Crippen molar-refractivity contribution in [3.63, 3.8) is 0 Å². The Kier molecular flexibility index (Phi) is 5.73. The van der Waals surface area contributed by atoms with Crippen molar-refractivity contribution in [1.29, 1.82) is 0 Å². The van der Waals surface area contributed by atoms with E-state index in [2.05, 4.69) is 6.58 Å². The van der Waals surface area contributed by atoms with Gasteiger partial charge >= 0.3 is 12.1 Å². The lowest BCUT2D eigenvalue weighted by atomic mass is 9.72. The van der Waals surface area contributed by atoms with Crippen LogP contribution in [0.25, 0.3) is 0 Å². The maximum atomic E-state index is 12.5. The third kappa shape index (κ3) is 3.60. The van der Waals surface area contributed by atoms with Crippen molar-refractivity contribution in [2.24, 2.45) is 0 Å². The summed E-state index contributed by atoms with van der Waals surface area (Å²) in [5.41, 5.74) is -0.301. The van der Waals surface area contributed by atoms with Gasteiger partial charge in [0, 0.05) is 19.2 Å². The Balaban J connectivity index is 2.00. The van der Waals surface area contributed by atoms with Gasteiger partial charge in [0.15, 0.2) is 11.5 Å². The summed E-state index contributed by atoms with van der Waals surface area (Å²) in [6.45, 7) is 9.37. The number of esters is 1. The molecule has 8 nitrogen and oxygen atoms in total. The predicted octanol–water partition coefficient (Wildman–Crippen LogP) is 2.55. The number of ether oxygens (including phenoxy) is 4. The van der Waals surface area contributed by atoms with Crippen LogP contribution in [0.4, 0.5) is 4.79 Å². The van der Waals surface area contributed by atoms with E-state index in [0.717, 1.165) is 5.56 Å². The van der Waals surface area contributed by atoms with Crippen molar-refractivity contribution in [3.05, 3.63) is 35.9 Å². The van der Waals surface area contributed by atoms with Crippen molar-refractivity contribution in [3.8, 4) is 11.5 Å². The van der Waals surface area contributed by atoms with E-state index in [1.54, 1.807) is 40.0 Å². The van der Waals surface area contributed by atoms with Gasteiger partial charge in [-0.2, -0.15) is 0 Å². The number of carbonyl (C=O) groups excluding carboxylic acids is 2. The second-order valence-corrected chi connectivity index (χ2v) is 8.60. The fourth-order valence-corrected chi connectivity index (χ4v) is 4.02. The third-order valence-electron chi connectivity index (χ3n) is 5.41. The minimum atomic E-state index is -1.42. The molecule has 3 atom stereocenters. The molecule has 2 aliphatic rings. The zero-order chi connectivity index (χ0) is 22.3. The van der Waals surface area contributed by atoms with Gasteiger partial charge in [0.1, 0.15) is 11.0 Å². The number of hydrogen-bond acceptors (Lipinski definition) is 7. The highest BCUT2D eigenvalue weighted by Gasteiger charge is 2.65. The molecule has 0 saturated carbocycles. The van der Waals surface area contributed by atoms with Gasteiger partial charge in [0.05, 0.1) is 7.11 Å². The van der Waals surface area contributed by atoms with Crippen LogP contribution >= 0.6 is 0 Å². The first kappa shape index (κ1) is 22.0. The number of hydrogen-bond donors (Lipinski definition) is 1. The lowest BCUT2D eigenvalue weighted by Crippen LogP contribution is -2.47. The average molecular weight is 419 g/mol. The third-order valence-corrected chi connectivity index (χ3v) is 5.41. The second-order valence-electron chi connectivity index (χ2n) is 8.60. The van der Waals surface area contributed by atoms with Crippen molar-refractivity contribution in [2.45, 2.75) is 57.0 Å². The van der Waals surface area contributed by atoms with E-state index in [1.165, 1.54) is 12.0 Å². The molecule has 1 aromatic rings. The standard InChI is InChI=1S/C22H29NO7/c1-7-8-13-9-10-14(27-6)16-15(13)22(17(28-16)18(24)29-19(22)25)11-12-23(5)20(26)30-21(2,3)4/h7,9-10,17,19,25H,1,8,11-12H2,2-6H3/t17-,19?,22-/m0/s1. The zero-order valence-electron chi connectivity index (χ0n) is 18.1. The smallest absolute Gasteiger partial charge is 0.410 e. The molecule has 164 valence electrons. The van der Waals surface area contributed by atoms with Gasteiger partial charge < -0.3 is 29.0 Å². The number of fused-ring (bicyclic) bond motifs is 3. The van der Waals surface area contributed by atoms with Crippen LogP contribution in [0.15, 0.2) is 24.8 Å². The summed E-state index contributed by atoms with van der Waals surface area (Å²) in [5.74, 6) is 0.231. The van der Waals surface area contributed by atoms with E-state index < -0.39 is 35.5 Å². The van der Waals surface area contributed by atoms with E-state index in [-0.39, 0.29) is 13.0 Å². The number of amides is 1. The molecule has 8 heteroatoms. The van der Waals surface area contributed by atoms with Crippen LogP contribution in [-0.4, -0.2) is 60.8 Å². The summed E-state index contributed by atoms with van der Waals surface area (Å²) >= 11 is 0. The van der Waals surface area contributed by atoms with Crippen LogP contribution in [0, 0.1) is 0 Å². The molecule has 0 aliphatic carbocycles. The molecular formula is C22H29NO7. The summed E-state index contributed by atoms with van der Waals surface area (Å²) in [7, 11) is 3.12. The van der Waals surface area contributed by atoms with Crippen LogP contribution in [0.2, 0.25) is 0 Å². The second kappa shape index (κ2) is 7.83. The number of carbonyl (C=O) groups is 2. The summed E-state index contributed by atoms with van der Waals surface area (Å²) in [4.78, 5) is 26.3. The maximum absolute atomic E-state index is 12.5. The first-order valence-corrected chi connectivity index (χ1v) is 9.85. The zero-order valence-corrected chi connectivity index (χ0v) is 18.1. The molecule has 1 unspecified atom stereocenters. The molecule has 1 fully saturated rings. The van der Waals surface area contributed by atoms with Crippen molar-refractivity contribution < 1.29 is 33.6 Å². The van der Waals surface area contributed by atoms with Crippen molar-refractivity contribution in [1.82, 2.24) is 4.90 Å². The van der Waals surface area contributed by atoms with Gasteiger partial charge in [0.2, 0.25) is 12.4 Å². The van der Waals surface area contributed by atoms with Crippen LogP contribution in [0.3, 0.4) is 0 Å².